The maximum absolute atomic E-state index is 12.2. The van der Waals surface area contributed by atoms with Crippen molar-refractivity contribution >= 4 is 40.2 Å². The minimum absolute atomic E-state index is 0.0395. The number of ether oxygens (including phenoxy) is 2. The van der Waals surface area contributed by atoms with Crippen molar-refractivity contribution in [2.75, 3.05) is 6.61 Å². The van der Waals surface area contributed by atoms with Gasteiger partial charge in [0.1, 0.15) is 0 Å². The Hall–Kier alpha value is -0.770. The van der Waals surface area contributed by atoms with Crippen LogP contribution in [0.1, 0.15) is 23.0 Å². The molecule has 0 unspecified atom stereocenters. The molecule has 0 saturated heterocycles. The number of pyridine rings is 1. The number of carbonyl (C=O) groups excluding carboxylic acids is 1. The third-order valence-corrected chi connectivity index (χ3v) is 3.34. The second-order valence-electron chi connectivity index (χ2n) is 3.17. The van der Waals surface area contributed by atoms with E-state index >= 15 is 0 Å². The Bertz CT molecular complexity index is 482. The maximum Gasteiger partial charge on any atom is 0.573 e. The Labute approximate surface area is 125 Å². The van der Waals surface area contributed by atoms with Crippen molar-refractivity contribution in [2.45, 2.75) is 19.2 Å². The SMILES string of the molecule is CCOC(=O)c1ncc(OC(F)(F)F)c(CCl)c1I. The zero-order valence-corrected chi connectivity index (χ0v) is 12.5. The molecule has 19 heavy (non-hydrogen) atoms. The zero-order valence-electron chi connectivity index (χ0n) is 9.55. The predicted molar refractivity (Wildman–Crippen MR) is 69.2 cm³/mol. The second kappa shape index (κ2) is 6.60. The first-order valence-electron chi connectivity index (χ1n) is 4.96. The molecule has 0 aliphatic rings. The molecule has 0 aliphatic heterocycles. The summed E-state index contributed by atoms with van der Waals surface area (Å²) in [7, 11) is 0. The van der Waals surface area contributed by atoms with Crippen LogP contribution in [0.4, 0.5) is 13.2 Å². The first kappa shape index (κ1) is 16.3. The summed E-state index contributed by atoms with van der Waals surface area (Å²) < 4.78 is 45.3. The smallest absolute Gasteiger partial charge is 0.461 e. The molecular formula is C10H8ClF3INO3. The molecule has 0 bridgehead atoms. The number of esters is 1. The largest absolute Gasteiger partial charge is 0.573 e. The van der Waals surface area contributed by atoms with Crippen molar-refractivity contribution in [3.8, 4) is 5.75 Å². The monoisotopic (exact) mass is 409 g/mol. The summed E-state index contributed by atoms with van der Waals surface area (Å²) in [5.74, 6) is -1.50. The van der Waals surface area contributed by atoms with Gasteiger partial charge in [-0.1, -0.05) is 0 Å². The average Bonchev–Trinajstić information content (AvgIpc) is 2.27. The van der Waals surface area contributed by atoms with Crippen molar-refractivity contribution in [3.05, 3.63) is 21.0 Å². The predicted octanol–water partition coefficient (Wildman–Crippen LogP) is 3.50. The minimum atomic E-state index is -4.85. The van der Waals surface area contributed by atoms with Crippen molar-refractivity contribution in [2.24, 2.45) is 0 Å². The number of carbonyl (C=O) groups is 1. The second-order valence-corrected chi connectivity index (χ2v) is 4.51. The number of halogens is 5. The van der Waals surface area contributed by atoms with Crippen LogP contribution < -0.4 is 4.74 Å². The van der Waals surface area contributed by atoms with E-state index in [2.05, 4.69) is 9.72 Å². The van der Waals surface area contributed by atoms with Gasteiger partial charge in [0.25, 0.3) is 0 Å². The van der Waals surface area contributed by atoms with Crippen LogP contribution in [-0.2, 0) is 10.6 Å². The topological polar surface area (TPSA) is 48.4 Å². The molecule has 4 nitrogen and oxygen atoms in total. The lowest BCUT2D eigenvalue weighted by atomic mass is 10.2. The number of alkyl halides is 4. The molecule has 106 valence electrons. The first-order chi connectivity index (χ1) is 8.80. The summed E-state index contributed by atoms with van der Waals surface area (Å²) in [5, 5.41) is 0. The molecule has 1 heterocycles. The molecular weight excluding hydrogens is 401 g/mol. The Morgan fingerprint density at radius 2 is 2.16 bits per heavy atom. The van der Waals surface area contributed by atoms with Crippen LogP contribution in [0.25, 0.3) is 0 Å². The van der Waals surface area contributed by atoms with Crippen LogP contribution in [0.5, 0.6) is 5.75 Å². The van der Waals surface area contributed by atoms with E-state index in [1.54, 1.807) is 29.5 Å². The van der Waals surface area contributed by atoms with Crippen LogP contribution in [-0.4, -0.2) is 23.9 Å². The van der Waals surface area contributed by atoms with Crippen molar-refractivity contribution in [1.29, 1.82) is 0 Å². The average molecular weight is 410 g/mol. The molecule has 0 spiro atoms. The summed E-state index contributed by atoms with van der Waals surface area (Å²) in [6.45, 7) is 1.74. The van der Waals surface area contributed by atoms with Gasteiger partial charge in [0.15, 0.2) is 11.4 Å². The summed E-state index contributed by atoms with van der Waals surface area (Å²) >= 11 is 7.27. The van der Waals surface area contributed by atoms with Gasteiger partial charge in [0.2, 0.25) is 0 Å². The van der Waals surface area contributed by atoms with E-state index in [1.165, 1.54) is 0 Å². The summed E-state index contributed by atoms with van der Waals surface area (Å²) in [6, 6.07) is 0. The Kier molecular flexibility index (Phi) is 5.65. The van der Waals surface area contributed by atoms with Gasteiger partial charge in [-0.3, -0.25) is 0 Å². The van der Waals surface area contributed by atoms with Gasteiger partial charge in [0, 0.05) is 5.56 Å². The normalized spacial score (nSPS) is 11.3. The third-order valence-electron chi connectivity index (χ3n) is 1.91. The van der Waals surface area contributed by atoms with Gasteiger partial charge in [-0.25, -0.2) is 9.78 Å². The summed E-state index contributed by atoms with van der Waals surface area (Å²) in [5.41, 5.74) is -0.0507. The van der Waals surface area contributed by atoms with Crippen LogP contribution in [0.3, 0.4) is 0 Å². The standard InChI is InChI=1S/C10H8ClF3INO3/c1-2-18-9(17)8-7(15)5(3-11)6(4-16-8)19-10(12,13)14/h4H,2-3H2,1H3. The lowest BCUT2D eigenvalue weighted by molar-refractivity contribution is -0.275. The Balaban J connectivity index is 3.19. The van der Waals surface area contributed by atoms with Crippen LogP contribution >= 0.6 is 34.2 Å². The van der Waals surface area contributed by atoms with E-state index < -0.39 is 18.1 Å². The van der Waals surface area contributed by atoms with Gasteiger partial charge >= 0.3 is 12.3 Å². The number of nitrogens with zero attached hydrogens (tertiary/aromatic N) is 1. The molecule has 0 radical (unpaired) electrons. The van der Waals surface area contributed by atoms with Gasteiger partial charge in [-0.05, 0) is 29.5 Å². The highest BCUT2D eigenvalue weighted by atomic mass is 127. The maximum atomic E-state index is 12.2. The third kappa shape index (κ3) is 4.37. The fraction of sp³-hybridized carbons (Fsp3) is 0.400. The summed E-state index contributed by atoms with van der Waals surface area (Å²) in [4.78, 5) is 15.2. The highest BCUT2D eigenvalue weighted by Gasteiger charge is 2.33. The fourth-order valence-corrected chi connectivity index (χ4v) is 2.49. The van der Waals surface area contributed by atoms with Gasteiger partial charge in [-0.15, -0.1) is 24.8 Å². The van der Waals surface area contributed by atoms with Crippen LogP contribution in [0.2, 0.25) is 0 Å². The first-order valence-corrected chi connectivity index (χ1v) is 6.57. The van der Waals surface area contributed by atoms with Crippen molar-refractivity contribution < 1.29 is 27.4 Å². The highest BCUT2D eigenvalue weighted by Crippen LogP contribution is 2.31. The fourth-order valence-electron chi connectivity index (χ4n) is 1.19. The number of aromatic nitrogens is 1. The van der Waals surface area contributed by atoms with Gasteiger partial charge < -0.3 is 9.47 Å². The quantitative estimate of drug-likeness (QED) is 0.434. The lowest BCUT2D eigenvalue weighted by Gasteiger charge is -2.14. The molecule has 1 aromatic heterocycles. The number of rotatable bonds is 4. The van der Waals surface area contributed by atoms with Crippen molar-refractivity contribution in [3.63, 3.8) is 0 Å². The highest BCUT2D eigenvalue weighted by molar-refractivity contribution is 14.1. The Morgan fingerprint density at radius 3 is 2.63 bits per heavy atom. The van der Waals surface area contributed by atoms with E-state index in [0.717, 1.165) is 6.20 Å². The molecule has 9 heteroatoms. The molecule has 1 rings (SSSR count). The van der Waals surface area contributed by atoms with Crippen LogP contribution in [0, 0.1) is 3.57 Å². The van der Waals surface area contributed by atoms with Crippen molar-refractivity contribution in [1.82, 2.24) is 4.98 Å². The number of hydrogen-bond acceptors (Lipinski definition) is 4. The minimum Gasteiger partial charge on any atom is -0.461 e. The molecule has 1 aromatic rings. The molecule has 0 fully saturated rings. The molecule has 0 aromatic carbocycles. The Morgan fingerprint density at radius 1 is 1.53 bits per heavy atom. The van der Waals surface area contributed by atoms with Crippen LogP contribution in [0.15, 0.2) is 6.20 Å². The molecule has 0 saturated carbocycles. The molecule has 0 atom stereocenters. The molecule has 0 amide bonds. The van der Waals surface area contributed by atoms with Gasteiger partial charge in [0.05, 0.1) is 22.3 Å². The van der Waals surface area contributed by atoms with E-state index in [4.69, 9.17) is 16.3 Å². The lowest BCUT2D eigenvalue weighted by Crippen LogP contribution is -2.19. The van der Waals surface area contributed by atoms with Gasteiger partial charge in [-0.2, -0.15) is 0 Å². The van der Waals surface area contributed by atoms with E-state index in [-0.39, 0.29) is 27.3 Å². The molecule has 0 N–H and O–H groups in total. The van der Waals surface area contributed by atoms with E-state index in [0.29, 0.717) is 0 Å². The number of hydrogen-bond donors (Lipinski definition) is 0. The zero-order chi connectivity index (χ0) is 14.6. The molecule has 0 aliphatic carbocycles. The van der Waals surface area contributed by atoms with E-state index in [9.17, 15) is 18.0 Å². The summed E-state index contributed by atoms with van der Waals surface area (Å²) in [6.07, 6.45) is -4.05. The van der Waals surface area contributed by atoms with E-state index in [1.807, 2.05) is 0 Å².